The van der Waals surface area contributed by atoms with Crippen LogP contribution in [0.25, 0.3) is 11.1 Å². The van der Waals surface area contributed by atoms with Crippen molar-refractivity contribution in [2.24, 2.45) is 0 Å². The van der Waals surface area contributed by atoms with Crippen molar-refractivity contribution >= 4 is 39.9 Å². The first-order valence-electron chi connectivity index (χ1n) is 8.59. The minimum Gasteiger partial charge on any atom is -0.506 e. The molecule has 0 aliphatic carbocycles. The highest BCUT2D eigenvalue weighted by Crippen LogP contribution is 2.44. The quantitative estimate of drug-likeness (QED) is 0.537. The van der Waals surface area contributed by atoms with Crippen LogP contribution in [0, 0.1) is 0 Å². The van der Waals surface area contributed by atoms with Gasteiger partial charge in [-0.05, 0) is 22.9 Å². The Morgan fingerprint density at radius 1 is 1.00 bits per heavy atom. The van der Waals surface area contributed by atoms with Crippen molar-refractivity contribution in [3.63, 3.8) is 0 Å². The molecule has 0 radical (unpaired) electrons. The summed E-state index contributed by atoms with van der Waals surface area (Å²) in [6, 6.07) is 15.3. The molecule has 0 bridgehead atoms. The van der Waals surface area contributed by atoms with E-state index in [-0.39, 0.29) is 21.8 Å². The van der Waals surface area contributed by atoms with E-state index < -0.39 is 29.6 Å². The zero-order valence-electron chi connectivity index (χ0n) is 15.0. The second-order valence-corrected chi connectivity index (χ2v) is 7.08. The van der Waals surface area contributed by atoms with E-state index in [0.29, 0.717) is 22.9 Å². The van der Waals surface area contributed by atoms with Gasteiger partial charge in [0.15, 0.2) is 6.04 Å². The van der Waals surface area contributed by atoms with Crippen molar-refractivity contribution < 1.29 is 29.7 Å². The van der Waals surface area contributed by atoms with Crippen molar-refractivity contribution in [1.29, 1.82) is 0 Å². The fourth-order valence-electron chi connectivity index (χ4n) is 2.82. The van der Waals surface area contributed by atoms with Gasteiger partial charge in [0.2, 0.25) is 5.12 Å². The number of hydrogen-bond acceptors (Lipinski definition) is 6. The Labute approximate surface area is 170 Å². The van der Waals surface area contributed by atoms with Gasteiger partial charge in [0.05, 0.1) is 22.7 Å². The molecule has 1 heterocycles. The number of rotatable bonds is 6. The smallest absolute Gasteiger partial charge is 0.328 e. The van der Waals surface area contributed by atoms with Crippen LogP contribution in [-0.4, -0.2) is 45.0 Å². The van der Waals surface area contributed by atoms with Gasteiger partial charge in [-0.15, -0.1) is 0 Å². The molecule has 0 aromatic heterocycles. The van der Waals surface area contributed by atoms with Crippen LogP contribution < -0.4 is 5.32 Å². The first-order valence-corrected chi connectivity index (χ1v) is 9.41. The maximum Gasteiger partial charge on any atom is 0.328 e. The summed E-state index contributed by atoms with van der Waals surface area (Å²) in [7, 11) is 0. The predicted molar refractivity (Wildman–Crippen MR) is 109 cm³/mol. The van der Waals surface area contributed by atoms with E-state index in [1.165, 1.54) is 0 Å². The molecule has 0 saturated carbocycles. The lowest BCUT2D eigenvalue weighted by Gasteiger charge is -2.15. The number of amides is 1. The standard InChI is InChI=1S/C21H17NO6S/c23-11-14(20(26)27)22-19(25)16(13-9-5-2-6-10-13)18-17(24)15(21(28)29-18)12-7-3-1-4-8-12/h1-10,14,23-24H,11H2,(H,22,25)(H,26,27)/b18-16+. The summed E-state index contributed by atoms with van der Waals surface area (Å²) in [5, 5.41) is 30.9. The highest BCUT2D eigenvalue weighted by Gasteiger charge is 2.35. The molecule has 8 heteroatoms. The van der Waals surface area contributed by atoms with Gasteiger partial charge in [0.1, 0.15) is 5.76 Å². The van der Waals surface area contributed by atoms with Gasteiger partial charge in [-0.3, -0.25) is 9.59 Å². The summed E-state index contributed by atoms with van der Waals surface area (Å²) in [6.07, 6.45) is 0. The van der Waals surface area contributed by atoms with Gasteiger partial charge in [-0.25, -0.2) is 4.79 Å². The van der Waals surface area contributed by atoms with Gasteiger partial charge in [0.25, 0.3) is 5.91 Å². The Morgan fingerprint density at radius 2 is 1.59 bits per heavy atom. The molecule has 1 atom stereocenters. The van der Waals surface area contributed by atoms with E-state index in [9.17, 15) is 24.6 Å². The van der Waals surface area contributed by atoms with Crippen molar-refractivity contribution in [2.75, 3.05) is 6.61 Å². The average molecular weight is 411 g/mol. The number of thioether (sulfide) groups is 1. The fraction of sp³-hybridized carbons (Fsp3) is 0.0952. The highest BCUT2D eigenvalue weighted by atomic mass is 32.2. The predicted octanol–water partition coefficient (Wildman–Crippen LogP) is 2.20. The summed E-state index contributed by atoms with van der Waals surface area (Å²) in [4.78, 5) is 36.7. The Morgan fingerprint density at radius 3 is 2.14 bits per heavy atom. The number of carbonyl (C=O) groups excluding carboxylic acids is 2. The fourth-order valence-corrected chi connectivity index (χ4v) is 3.83. The third-order valence-corrected chi connectivity index (χ3v) is 5.21. The summed E-state index contributed by atoms with van der Waals surface area (Å²) in [5.74, 6) is -2.58. The summed E-state index contributed by atoms with van der Waals surface area (Å²) in [5.41, 5.74) is 0.920. The number of carboxylic acids is 1. The van der Waals surface area contributed by atoms with Crippen molar-refractivity contribution in [3.8, 4) is 0 Å². The van der Waals surface area contributed by atoms with E-state index in [1.807, 2.05) is 0 Å². The molecule has 4 N–H and O–H groups in total. The topological polar surface area (TPSA) is 124 Å². The van der Waals surface area contributed by atoms with E-state index in [2.05, 4.69) is 5.32 Å². The van der Waals surface area contributed by atoms with Gasteiger partial charge in [-0.2, -0.15) is 0 Å². The van der Waals surface area contributed by atoms with Crippen LogP contribution in [0.5, 0.6) is 0 Å². The normalized spacial score (nSPS) is 16.5. The molecule has 1 amide bonds. The summed E-state index contributed by atoms with van der Waals surface area (Å²) >= 11 is 0.697. The molecule has 7 nitrogen and oxygen atoms in total. The molecule has 29 heavy (non-hydrogen) atoms. The average Bonchev–Trinajstić information content (AvgIpc) is 3.01. The van der Waals surface area contributed by atoms with Gasteiger partial charge in [0, 0.05) is 0 Å². The van der Waals surface area contributed by atoms with Crippen molar-refractivity contribution in [3.05, 3.63) is 82.5 Å². The Bertz CT molecular complexity index is 1010. The molecule has 1 aliphatic rings. The second kappa shape index (κ2) is 8.76. The number of hydrogen-bond donors (Lipinski definition) is 4. The van der Waals surface area contributed by atoms with Gasteiger partial charge < -0.3 is 20.6 Å². The zero-order valence-corrected chi connectivity index (χ0v) is 15.8. The van der Waals surface area contributed by atoms with E-state index in [1.54, 1.807) is 60.7 Å². The minimum atomic E-state index is -1.52. The third-order valence-electron chi connectivity index (χ3n) is 4.22. The SMILES string of the molecule is O=C1S/C(=C(/C(=O)NC(CO)C(=O)O)c2ccccc2)C(O)=C1c1ccccc1. The number of carbonyl (C=O) groups is 3. The number of benzene rings is 2. The van der Waals surface area contributed by atoms with E-state index in [0.717, 1.165) is 0 Å². The minimum absolute atomic E-state index is 0.0274. The first kappa shape index (κ1) is 20.4. The molecule has 0 spiro atoms. The maximum atomic E-state index is 12.9. The molecule has 0 fully saturated rings. The van der Waals surface area contributed by atoms with Crippen molar-refractivity contribution in [1.82, 2.24) is 5.32 Å². The summed E-state index contributed by atoms with van der Waals surface area (Å²) < 4.78 is 0. The number of carboxylic acid groups (broad SMARTS) is 1. The molecule has 0 saturated heterocycles. The first-order chi connectivity index (χ1) is 13.9. The molecule has 3 rings (SSSR count). The van der Waals surface area contributed by atoms with E-state index >= 15 is 0 Å². The van der Waals surface area contributed by atoms with Gasteiger partial charge >= 0.3 is 5.97 Å². The Hall–Kier alpha value is -3.36. The zero-order chi connectivity index (χ0) is 21.0. The Kier molecular flexibility index (Phi) is 6.16. The molecule has 1 aliphatic heterocycles. The van der Waals surface area contributed by atoms with Crippen LogP contribution >= 0.6 is 11.8 Å². The Balaban J connectivity index is 2.15. The van der Waals surface area contributed by atoms with Crippen LogP contribution in [0.2, 0.25) is 0 Å². The van der Waals surface area contributed by atoms with Gasteiger partial charge in [-0.1, -0.05) is 60.7 Å². The lowest BCUT2D eigenvalue weighted by Crippen LogP contribution is -2.43. The lowest BCUT2D eigenvalue weighted by atomic mass is 10.0. The molecular weight excluding hydrogens is 394 g/mol. The molecule has 1 unspecified atom stereocenters. The monoisotopic (exact) mass is 411 g/mol. The van der Waals surface area contributed by atoms with E-state index in [4.69, 9.17) is 5.11 Å². The summed E-state index contributed by atoms with van der Waals surface area (Å²) in [6.45, 7) is -0.804. The largest absolute Gasteiger partial charge is 0.506 e. The number of aliphatic carboxylic acids is 1. The maximum absolute atomic E-state index is 12.9. The second-order valence-electron chi connectivity index (χ2n) is 6.10. The number of aliphatic hydroxyl groups excluding tert-OH is 2. The molecular formula is C21H17NO6S. The third kappa shape index (κ3) is 4.23. The van der Waals surface area contributed by atoms with Crippen LogP contribution in [0.3, 0.4) is 0 Å². The number of aliphatic hydroxyl groups is 2. The van der Waals surface area contributed by atoms with Crippen LogP contribution in [0.1, 0.15) is 11.1 Å². The molecule has 2 aromatic carbocycles. The van der Waals surface area contributed by atoms with Crippen LogP contribution in [-0.2, 0) is 14.4 Å². The molecule has 2 aromatic rings. The lowest BCUT2D eigenvalue weighted by molar-refractivity contribution is -0.142. The molecule has 148 valence electrons. The van der Waals surface area contributed by atoms with Crippen molar-refractivity contribution in [2.45, 2.75) is 6.04 Å². The highest BCUT2D eigenvalue weighted by molar-refractivity contribution is 8.19. The van der Waals surface area contributed by atoms with Crippen LogP contribution in [0.15, 0.2) is 71.3 Å². The number of nitrogens with one attached hydrogen (secondary N) is 1. The van der Waals surface area contributed by atoms with Crippen LogP contribution in [0.4, 0.5) is 0 Å².